The van der Waals surface area contributed by atoms with Crippen LogP contribution in [-0.2, 0) is 4.74 Å². The Morgan fingerprint density at radius 3 is 2.46 bits per heavy atom. The first-order valence-corrected chi connectivity index (χ1v) is 11.7. The number of aromatic nitrogens is 2. The number of rotatable bonds is 4. The molecule has 0 spiro atoms. The summed E-state index contributed by atoms with van der Waals surface area (Å²) < 4.78 is 18.4. The van der Waals surface area contributed by atoms with Crippen LogP contribution in [0.2, 0.25) is 5.02 Å². The van der Waals surface area contributed by atoms with Gasteiger partial charge >= 0.3 is 6.09 Å². The number of fused-ring (bicyclic) bond motifs is 1. The molecule has 2 aromatic heterocycles. The van der Waals surface area contributed by atoms with Gasteiger partial charge in [0, 0.05) is 62.0 Å². The van der Waals surface area contributed by atoms with Crippen LogP contribution in [0.3, 0.4) is 0 Å². The van der Waals surface area contributed by atoms with Crippen molar-refractivity contribution in [3.8, 4) is 22.8 Å². The molecule has 1 fully saturated rings. The molecule has 0 bridgehead atoms. The van der Waals surface area contributed by atoms with Crippen LogP contribution in [0.15, 0.2) is 36.7 Å². The molecule has 0 atom stereocenters. The summed E-state index contributed by atoms with van der Waals surface area (Å²) >= 11 is 6.36. The molecule has 0 aliphatic carbocycles. The van der Waals surface area contributed by atoms with Gasteiger partial charge in [-0.15, -0.1) is 17.0 Å². The molecule has 1 aliphatic rings. The summed E-state index contributed by atoms with van der Waals surface area (Å²) in [5.41, 5.74) is 2.93. The SMILES string of the molecule is Br.COc1cc(OC)c(-c2cn3ccc(N4CCCN(C(=O)OC(C)(C)C)CC4)cc3n2)cc1Cl. The number of halogens is 2. The summed E-state index contributed by atoms with van der Waals surface area (Å²) in [5, 5.41) is 0.496. The standard InChI is InChI=1S/C25H31ClN4O4.BrH/c1-25(2,3)34-24(31)29-9-6-8-28(11-12-29)17-7-10-30-16-20(27-23(30)13-17)18-14-19(26)22(33-5)15-21(18)32-4;/h7,10,13-16H,6,8-9,11-12H2,1-5H3;1H. The van der Waals surface area contributed by atoms with Gasteiger partial charge in [-0.1, -0.05) is 11.6 Å². The predicted octanol–water partition coefficient (Wildman–Crippen LogP) is 5.70. The third-order valence-electron chi connectivity index (χ3n) is 5.71. The number of imidazole rings is 1. The van der Waals surface area contributed by atoms with E-state index >= 15 is 0 Å². The van der Waals surface area contributed by atoms with Gasteiger partial charge in [-0.2, -0.15) is 0 Å². The number of hydrogen-bond acceptors (Lipinski definition) is 6. The second-order valence-electron chi connectivity index (χ2n) is 9.27. The van der Waals surface area contributed by atoms with Gasteiger partial charge in [-0.25, -0.2) is 9.78 Å². The molecular weight excluding hydrogens is 536 g/mol. The number of pyridine rings is 1. The topological polar surface area (TPSA) is 68.5 Å². The van der Waals surface area contributed by atoms with Crippen LogP contribution in [0.5, 0.6) is 11.5 Å². The minimum Gasteiger partial charge on any atom is -0.496 e. The molecule has 1 saturated heterocycles. The monoisotopic (exact) mass is 566 g/mol. The second kappa shape index (κ2) is 11.0. The zero-order valence-corrected chi connectivity index (χ0v) is 23.2. The van der Waals surface area contributed by atoms with E-state index in [1.807, 2.05) is 43.6 Å². The highest BCUT2D eigenvalue weighted by molar-refractivity contribution is 8.93. The summed E-state index contributed by atoms with van der Waals surface area (Å²) in [5.74, 6) is 1.19. The Bertz CT molecular complexity index is 1190. The van der Waals surface area contributed by atoms with Crippen LogP contribution in [0, 0.1) is 0 Å². The van der Waals surface area contributed by atoms with E-state index in [-0.39, 0.29) is 23.1 Å². The van der Waals surface area contributed by atoms with Gasteiger partial charge in [0.1, 0.15) is 22.7 Å². The average molecular weight is 568 g/mol. The number of methoxy groups -OCH3 is 2. The Hall–Kier alpha value is -2.65. The molecule has 0 unspecified atom stereocenters. The third-order valence-corrected chi connectivity index (χ3v) is 6.00. The lowest BCUT2D eigenvalue weighted by molar-refractivity contribution is 0.0263. The lowest BCUT2D eigenvalue weighted by atomic mass is 10.1. The summed E-state index contributed by atoms with van der Waals surface area (Å²) in [6.45, 7) is 8.53. The van der Waals surface area contributed by atoms with E-state index < -0.39 is 5.60 Å². The van der Waals surface area contributed by atoms with Gasteiger partial charge in [0.05, 0.1) is 24.9 Å². The first-order chi connectivity index (χ1) is 16.2. The van der Waals surface area contributed by atoms with E-state index in [1.54, 1.807) is 25.2 Å². The van der Waals surface area contributed by atoms with Crippen molar-refractivity contribution in [1.29, 1.82) is 0 Å². The van der Waals surface area contributed by atoms with Crippen molar-refractivity contribution in [2.75, 3.05) is 45.3 Å². The summed E-state index contributed by atoms with van der Waals surface area (Å²) in [6.07, 6.45) is 4.56. The molecular formula is C25H32BrClN4O4. The number of amides is 1. The lowest BCUT2D eigenvalue weighted by Crippen LogP contribution is -2.39. The third kappa shape index (κ3) is 6.13. The molecule has 1 aliphatic heterocycles. The van der Waals surface area contributed by atoms with Crippen LogP contribution in [-0.4, -0.2) is 66.4 Å². The Morgan fingerprint density at radius 2 is 1.77 bits per heavy atom. The first-order valence-electron chi connectivity index (χ1n) is 11.3. The van der Waals surface area contributed by atoms with Gasteiger partial charge in [-0.3, -0.25) is 0 Å². The van der Waals surface area contributed by atoms with Gasteiger partial charge in [-0.05, 0) is 39.3 Å². The van der Waals surface area contributed by atoms with Crippen LogP contribution < -0.4 is 14.4 Å². The molecule has 0 N–H and O–H groups in total. The zero-order chi connectivity index (χ0) is 24.5. The van der Waals surface area contributed by atoms with Gasteiger partial charge in [0.15, 0.2) is 0 Å². The van der Waals surface area contributed by atoms with Crippen LogP contribution in [0.25, 0.3) is 16.9 Å². The van der Waals surface area contributed by atoms with E-state index in [0.717, 1.165) is 42.1 Å². The Balaban J connectivity index is 0.00000342. The minimum absolute atomic E-state index is 0. The fraction of sp³-hybridized carbons (Fsp3) is 0.440. The van der Waals surface area contributed by atoms with Crippen molar-refractivity contribution in [3.05, 3.63) is 41.7 Å². The number of carbonyl (C=O) groups is 1. The van der Waals surface area contributed by atoms with E-state index in [4.69, 9.17) is 30.8 Å². The molecule has 1 amide bonds. The maximum absolute atomic E-state index is 12.5. The molecule has 0 radical (unpaired) electrons. The molecule has 35 heavy (non-hydrogen) atoms. The van der Waals surface area contributed by atoms with Gasteiger partial charge < -0.3 is 28.4 Å². The smallest absolute Gasteiger partial charge is 0.410 e. The number of anilines is 1. The summed E-state index contributed by atoms with van der Waals surface area (Å²) in [6, 6.07) is 7.70. The molecule has 190 valence electrons. The largest absolute Gasteiger partial charge is 0.496 e. The number of ether oxygens (including phenoxy) is 3. The fourth-order valence-electron chi connectivity index (χ4n) is 4.04. The van der Waals surface area contributed by atoms with E-state index in [2.05, 4.69) is 17.0 Å². The van der Waals surface area contributed by atoms with Crippen molar-refractivity contribution < 1.29 is 19.0 Å². The van der Waals surface area contributed by atoms with E-state index in [1.165, 1.54) is 0 Å². The quantitative estimate of drug-likeness (QED) is 0.403. The number of nitrogens with zero attached hydrogens (tertiary/aromatic N) is 4. The molecule has 1 aromatic carbocycles. The van der Waals surface area contributed by atoms with Crippen molar-refractivity contribution in [1.82, 2.24) is 14.3 Å². The minimum atomic E-state index is -0.497. The predicted molar refractivity (Wildman–Crippen MR) is 144 cm³/mol. The second-order valence-corrected chi connectivity index (χ2v) is 9.68. The highest BCUT2D eigenvalue weighted by Crippen LogP contribution is 2.38. The van der Waals surface area contributed by atoms with Crippen LogP contribution in [0.1, 0.15) is 27.2 Å². The van der Waals surface area contributed by atoms with Crippen molar-refractivity contribution >= 4 is 46.0 Å². The molecule has 0 saturated carbocycles. The highest BCUT2D eigenvalue weighted by Gasteiger charge is 2.25. The number of hydrogen-bond donors (Lipinski definition) is 0. The van der Waals surface area contributed by atoms with Crippen molar-refractivity contribution in [3.63, 3.8) is 0 Å². The molecule has 3 aromatic rings. The zero-order valence-electron chi connectivity index (χ0n) is 20.7. The Kier molecular flexibility index (Phi) is 8.43. The highest BCUT2D eigenvalue weighted by atomic mass is 79.9. The van der Waals surface area contributed by atoms with Crippen molar-refractivity contribution in [2.24, 2.45) is 0 Å². The molecule has 8 nitrogen and oxygen atoms in total. The molecule has 4 rings (SSSR count). The maximum atomic E-state index is 12.5. The van der Waals surface area contributed by atoms with Crippen molar-refractivity contribution in [2.45, 2.75) is 32.8 Å². The maximum Gasteiger partial charge on any atom is 0.410 e. The van der Waals surface area contributed by atoms with E-state index in [0.29, 0.717) is 29.6 Å². The molecule has 10 heteroatoms. The fourth-order valence-corrected chi connectivity index (χ4v) is 4.28. The Morgan fingerprint density at radius 1 is 1.03 bits per heavy atom. The average Bonchev–Trinajstić information content (AvgIpc) is 3.05. The van der Waals surface area contributed by atoms with E-state index in [9.17, 15) is 4.79 Å². The summed E-state index contributed by atoms with van der Waals surface area (Å²) in [4.78, 5) is 21.4. The normalized spacial score (nSPS) is 14.3. The van der Waals surface area contributed by atoms with Crippen LogP contribution >= 0.6 is 28.6 Å². The lowest BCUT2D eigenvalue weighted by Gasteiger charge is -2.27. The Labute approximate surface area is 221 Å². The number of carbonyl (C=O) groups excluding carboxylic acids is 1. The first kappa shape index (κ1) is 26.9. The summed E-state index contributed by atoms with van der Waals surface area (Å²) in [7, 11) is 3.18. The van der Waals surface area contributed by atoms with Crippen LogP contribution in [0.4, 0.5) is 10.5 Å². The molecule has 3 heterocycles. The van der Waals surface area contributed by atoms with Gasteiger partial charge in [0.25, 0.3) is 0 Å². The van der Waals surface area contributed by atoms with Gasteiger partial charge in [0.2, 0.25) is 0 Å². The number of benzene rings is 1.